The highest BCUT2D eigenvalue weighted by atomic mass is 35.5. The first kappa shape index (κ1) is 23.1. The van der Waals surface area contributed by atoms with Crippen molar-refractivity contribution in [2.24, 2.45) is 0 Å². The van der Waals surface area contributed by atoms with Gasteiger partial charge < -0.3 is 25.0 Å². The molecule has 29 heavy (non-hydrogen) atoms. The van der Waals surface area contributed by atoms with E-state index in [1.165, 1.54) is 6.33 Å². The van der Waals surface area contributed by atoms with Crippen LogP contribution >= 0.6 is 24.8 Å². The largest absolute Gasteiger partial charge is 0.348 e. The third kappa shape index (κ3) is 4.88. The number of nitrogens with one attached hydrogen (secondary N) is 2. The van der Waals surface area contributed by atoms with E-state index in [0.717, 1.165) is 31.4 Å². The summed E-state index contributed by atoms with van der Waals surface area (Å²) in [6.07, 6.45) is 4.88. The van der Waals surface area contributed by atoms with Crippen LogP contribution in [0.1, 0.15) is 12.8 Å². The van der Waals surface area contributed by atoms with E-state index in [1.54, 1.807) is 6.33 Å². The number of aromatic amines is 1. The van der Waals surface area contributed by atoms with Crippen LogP contribution in [0.3, 0.4) is 0 Å². The van der Waals surface area contributed by atoms with Gasteiger partial charge in [0.15, 0.2) is 11.5 Å². The number of halogens is 2. The number of nitrogens with zero attached hydrogens (tertiary/aromatic N) is 6. The fourth-order valence-corrected chi connectivity index (χ4v) is 3.86. The Hall–Kier alpha value is -2.17. The fraction of sp³-hybridized carbons (Fsp3) is 0.588. The van der Waals surface area contributed by atoms with Gasteiger partial charge in [0.2, 0.25) is 11.8 Å². The van der Waals surface area contributed by atoms with Crippen LogP contribution in [0.5, 0.6) is 0 Å². The van der Waals surface area contributed by atoms with Crippen molar-refractivity contribution in [2.45, 2.75) is 18.9 Å². The lowest BCUT2D eigenvalue weighted by Gasteiger charge is -2.41. The van der Waals surface area contributed by atoms with Crippen molar-refractivity contribution in [1.29, 1.82) is 0 Å². The minimum absolute atomic E-state index is 0. The Kier molecular flexibility index (Phi) is 8.00. The number of likely N-dealkylation sites (tertiary alicyclic amines) is 1. The monoisotopic (exact) mass is 444 g/mol. The second-order valence-corrected chi connectivity index (χ2v) is 7.05. The number of hydrogen-bond acceptors (Lipinski definition) is 7. The Labute approximate surface area is 181 Å². The van der Waals surface area contributed by atoms with Crippen LogP contribution in [0.25, 0.3) is 11.2 Å². The van der Waals surface area contributed by atoms with Gasteiger partial charge in [-0.2, -0.15) is 0 Å². The standard InChI is InChI=1S/C17H24N8O2.2ClH/c1-23(17-15-16(20-10-19-15)21-11-22-17)9-14(27)24-5-2-3-12(8-24)25-6-4-18-7-13(25)26;;/h10-12,18H,2-9H2,1H3,(H,19,20,21,22);2*1H. The van der Waals surface area contributed by atoms with E-state index in [1.807, 2.05) is 21.7 Å². The topological polar surface area (TPSA) is 110 Å². The summed E-state index contributed by atoms with van der Waals surface area (Å²) >= 11 is 0. The second-order valence-electron chi connectivity index (χ2n) is 7.05. The summed E-state index contributed by atoms with van der Waals surface area (Å²) in [5.74, 6) is 0.813. The molecule has 160 valence electrons. The van der Waals surface area contributed by atoms with Gasteiger partial charge in [-0.1, -0.05) is 0 Å². The van der Waals surface area contributed by atoms with E-state index in [0.29, 0.717) is 31.1 Å². The van der Waals surface area contributed by atoms with E-state index >= 15 is 0 Å². The van der Waals surface area contributed by atoms with Crippen molar-refractivity contribution < 1.29 is 9.59 Å². The van der Waals surface area contributed by atoms with Gasteiger partial charge in [-0.25, -0.2) is 15.0 Å². The molecule has 2 amide bonds. The Bertz CT molecular complexity index is 848. The number of H-pyrrole nitrogens is 1. The van der Waals surface area contributed by atoms with Crippen molar-refractivity contribution >= 4 is 53.6 Å². The Morgan fingerprint density at radius 1 is 1.28 bits per heavy atom. The number of fused-ring (bicyclic) bond motifs is 1. The summed E-state index contributed by atoms with van der Waals surface area (Å²) in [7, 11) is 1.84. The van der Waals surface area contributed by atoms with Gasteiger partial charge >= 0.3 is 0 Å². The quantitative estimate of drug-likeness (QED) is 0.685. The van der Waals surface area contributed by atoms with Gasteiger partial charge in [0.05, 0.1) is 19.4 Å². The number of carbonyl (C=O) groups excluding carboxylic acids is 2. The summed E-state index contributed by atoms with van der Waals surface area (Å²) in [6.45, 7) is 3.46. The van der Waals surface area contributed by atoms with Gasteiger partial charge in [-0.3, -0.25) is 9.59 Å². The van der Waals surface area contributed by atoms with Gasteiger partial charge in [0.1, 0.15) is 11.8 Å². The third-order valence-electron chi connectivity index (χ3n) is 5.25. The van der Waals surface area contributed by atoms with Gasteiger partial charge in [0, 0.05) is 39.3 Å². The fourth-order valence-electron chi connectivity index (χ4n) is 3.86. The van der Waals surface area contributed by atoms with Crippen molar-refractivity contribution in [3.8, 4) is 0 Å². The first-order valence-electron chi connectivity index (χ1n) is 9.26. The highest BCUT2D eigenvalue weighted by molar-refractivity contribution is 5.87. The molecule has 0 aromatic carbocycles. The lowest BCUT2D eigenvalue weighted by atomic mass is 10.0. The lowest BCUT2D eigenvalue weighted by Crippen LogP contribution is -2.58. The highest BCUT2D eigenvalue weighted by Gasteiger charge is 2.32. The number of rotatable bonds is 4. The number of imidazole rings is 1. The molecule has 2 aliphatic heterocycles. The maximum atomic E-state index is 12.9. The van der Waals surface area contributed by atoms with Crippen molar-refractivity contribution in [1.82, 2.24) is 35.1 Å². The smallest absolute Gasteiger partial charge is 0.242 e. The maximum absolute atomic E-state index is 12.9. The zero-order valence-electron chi connectivity index (χ0n) is 16.2. The molecule has 4 heterocycles. The summed E-state index contributed by atoms with van der Waals surface area (Å²) in [4.78, 5) is 46.2. The molecule has 2 aromatic rings. The number of amides is 2. The maximum Gasteiger partial charge on any atom is 0.242 e. The SMILES string of the molecule is CN(CC(=O)N1CCCC(N2CCNCC2=O)C1)c1ncnc2nc[nH]c12.Cl.Cl. The van der Waals surface area contributed by atoms with Crippen LogP contribution < -0.4 is 10.2 Å². The van der Waals surface area contributed by atoms with Crippen LogP contribution in [-0.2, 0) is 9.59 Å². The molecule has 2 aromatic heterocycles. The number of carbonyl (C=O) groups is 2. The molecule has 12 heteroatoms. The Balaban J connectivity index is 0.00000150. The highest BCUT2D eigenvalue weighted by Crippen LogP contribution is 2.20. The molecule has 4 rings (SSSR count). The average Bonchev–Trinajstić information content (AvgIpc) is 3.17. The summed E-state index contributed by atoms with van der Waals surface area (Å²) in [6, 6.07) is 0.112. The molecule has 1 atom stereocenters. The van der Waals surface area contributed by atoms with Crippen LogP contribution in [-0.4, -0.2) is 93.9 Å². The molecule has 2 N–H and O–H groups in total. The molecular formula is C17H26Cl2N8O2. The number of hydrogen-bond donors (Lipinski definition) is 2. The molecule has 2 fully saturated rings. The van der Waals surface area contributed by atoms with E-state index in [9.17, 15) is 9.59 Å². The molecule has 1 unspecified atom stereocenters. The van der Waals surface area contributed by atoms with Gasteiger partial charge in [-0.05, 0) is 12.8 Å². The number of anilines is 1. The van der Waals surface area contributed by atoms with E-state index < -0.39 is 0 Å². The summed E-state index contributed by atoms with van der Waals surface area (Å²) in [5, 5.41) is 3.10. The molecule has 0 spiro atoms. The molecule has 0 aliphatic carbocycles. The molecule has 2 saturated heterocycles. The molecule has 0 bridgehead atoms. The number of piperidine rings is 1. The zero-order valence-corrected chi connectivity index (χ0v) is 17.8. The van der Waals surface area contributed by atoms with Crippen molar-refractivity contribution in [3.05, 3.63) is 12.7 Å². The zero-order chi connectivity index (χ0) is 18.8. The van der Waals surface area contributed by atoms with Gasteiger partial charge in [-0.15, -0.1) is 24.8 Å². The number of likely N-dealkylation sites (N-methyl/N-ethyl adjacent to an activating group) is 1. The lowest BCUT2D eigenvalue weighted by molar-refractivity contribution is -0.139. The van der Waals surface area contributed by atoms with Crippen LogP contribution in [0.2, 0.25) is 0 Å². The molecule has 2 aliphatic rings. The Morgan fingerprint density at radius 2 is 2.10 bits per heavy atom. The molecule has 10 nitrogen and oxygen atoms in total. The van der Waals surface area contributed by atoms with E-state index in [4.69, 9.17) is 0 Å². The van der Waals surface area contributed by atoms with E-state index in [2.05, 4.69) is 25.3 Å². The Morgan fingerprint density at radius 3 is 2.90 bits per heavy atom. The first-order valence-corrected chi connectivity index (χ1v) is 9.26. The second kappa shape index (κ2) is 10.0. The van der Waals surface area contributed by atoms with E-state index in [-0.39, 0.29) is 49.2 Å². The minimum atomic E-state index is 0. The molecule has 0 saturated carbocycles. The van der Waals surface area contributed by atoms with Gasteiger partial charge in [0.25, 0.3) is 0 Å². The number of piperazine rings is 1. The number of aromatic nitrogens is 4. The predicted molar refractivity (Wildman–Crippen MR) is 114 cm³/mol. The minimum Gasteiger partial charge on any atom is -0.348 e. The summed E-state index contributed by atoms with van der Waals surface area (Å²) < 4.78 is 0. The average molecular weight is 445 g/mol. The molecule has 0 radical (unpaired) electrons. The van der Waals surface area contributed by atoms with Crippen molar-refractivity contribution in [3.63, 3.8) is 0 Å². The molecular weight excluding hydrogens is 419 g/mol. The third-order valence-corrected chi connectivity index (χ3v) is 5.25. The van der Waals surface area contributed by atoms with Crippen molar-refractivity contribution in [2.75, 3.05) is 51.2 Å². The van der Waals surface area contributed by atoms with Crippen LogP contribution in [0.4, 0.5) is 5.82 Å². The van der Waals surface area contributed by atoms with Crippen LogP contribution in [0, 0.1) is 0 Å². The normalized spacial score (nSPS) is 19.5. The summed E-state index contributed by atoms with van der Waals surface area (Å²) in [5.41, 5.74) is 1.30. The first-order chi connectivity index (χ1) is 13.1. The predicted octanol–water partition coefficient (Wildman–Crippen LogP) is 0.0555. The van der Waals surface area contributed by atoms with Crippen LogP contribution in [0.15, 0.2) is 12.7 Å².